The van der Waals surface area contributed by atoms with Crippen LogP contribution in [0.3, 0.4) is 0 Å². The summed E-state index contributed by atoms with van der Waals surface area (Å²) in [6.45, 7) is 2.13. The molecule has 2 aromatic carbocycles. The topological polar surface area (TPSA) is 67.4 Å². The SMILES string of the molecule is CCOC(=O)CNC(c1ccccc1)c1cc(Br)ccc1NC(=O)CCl. The Hall–Kier alpha value is -1.89. The summed E-state index contributed by atoms with van der Waals surface area (Å²) in [6, 6.07) is 14.9. The van der Waals surface area contributed by atoms with E-state index in [0.29, 0.717) is 12.3 Å². The lowest BCUT2D eigenvalue weighted by Crippen LogP contribution is -2.30. The Morgan fingerprint density at radius 2 is 1.92 bits per heavy atom. The predicted molar refractivity (Wildman–Crippen MR) is 106 cm³/mol. The number of carbonyl (C=O) groups excluding carboxylic acids is 2. The molecule has 26 heavy (non-hydrogen) atoms. The first kappa shape index (κ1) is 20.4. The minimum absolute atomic E-state index is 0.0445. The lowest BCUT2D eigenvalue weighted by molar-refractivity contribution is -0.142. The van der Waals surface area contributed by atoms with E-state index in [-0.39, 0.29) is 30.3 Å². The summed E-state index contributed by atoms with van der Waals surface area (Å²) in [6.07, 6.45) is 0. The number of carbonyl (C=O) groups is 2. The fraction of sp³-hybridized carbons (Fsp3) is 0.263. The maximum atomic E-state index is 11.8. The highest BCUT2D eigenvalue weighted by molar-refractivity contribution is 9.10. The summed E-state index contributed by atoms with van der Waals surface area (Å²) >= 11 is 9.09. The number of alkyl halides is 1. The number of hydrogen-bond donors (Lipinski definition) is 2. The smallest absolute Gasteiger partial charge is 0.319 e. The number of amides is 1. The van der Waals surface area contributed by atoms with Gasteiger partial charge in [0.05, 0.1) is 19.2 Å². The maximum absolute atomic E-state index is 11.8. The summed E-state index contributed by atoms with van der Waals surface area (Å²) in [5.41, 5.74) is 2.40. The zero-order chi connectivity index (χ0) is 18.9. The van der Waals surface area contributed by atoms with Crippen LogP contribution in [0.2, 0.25) is 0 Å². The highest BCUT2D eigenvalue weighted by atomic mass is 79.9. The Bertz CT molecular complexity index is 756. The van der Waals surface area contributed by atoms with Crippen LogP contribution in [0, 0.1) is 0 Å². The molecule has 0 aliphatic carbocycles. The van der Waals surface area contributed by atoms with Gasteiger partial charge in [-0.2, -0.15) is 0 Å². The van der Waals surface area contributed by atoms with Gasteiger partial charge in [0.15, 0.2) is 0 Å². The summed E-state index contributed by atoms with van der Waals surface area (Å²) in [4.78, 5) is 23.6. The largest absolute Gasteiger partial charge is 0.465 e. The first-order valence-electron chi connectivity index (χ1n) is 8.14. The molecule has 0 fully saturated rings. The van der Waals surface area contributed by atoms with E-state index < -0.39 is 0 Å². The van der Waals surface area contributed by atoms with Gasteiger partial charge >= 0.3 is 5.97 Å². The van der Waals surface area contributed by atoms with Gasteiger partial charge in [0.25, 0.3) is 0 Å². The first-order chi connectivity index (χ1) is 12.5. The van der Waals surface area contributed by atoms with Crippen LogP contribution in [-0.2, 0) is 14.3 Å². The van der Waals surface area contributed by atoms with Crippen LogP contribution in [0.15, 0.2) is 53.0 Å². The Morgan fingerprint density at radius 3 is 2.58 bits per heavy atom. The zero-order valence-electron chi connectivity index (χ0n) is 14.3. The average molecular weight is 440 g/mol. The molecule has 2 N–H and O–H groups in total. The van der Waals surface area contributed by atoms with Crippen molar-refractivity contribution in [2.75, 3.05) is 24.3 Å². The average Bonchev–Trinajstić information content (AvgIpc) is 2.65. The number of rotatable bonds is 8. The monoisotopic (exact) mass is 438 g/mol. The molecule has 0 saturated carbocycles. The summed E-state index contributed by atoms with van der Waals surface area (Å²) in [5.74, 6) is -0.774. The second-order valence-electron chi connectivity index (χ2n) is 5.44. The normalized spacial score (nSPS) is 11.7. The van der Waals surface area contributed by atoms with Gasteiger partial charge in [0, 0.05) is 10.2 Å². The molecule has 0 radical (unpaired) electrons. The molecule has 7 heteroatoms. The minimum atomic E-state index is -0.338. The fourth-order valence-corrected chi connectivity index (χ4v) is 2.97. The van der Waals surface area contributed by atoms with Gasteiger partial charge in [0.1, 0.15) is 5.88 Å². The van der Waals surface area contributed by atoms with Crippen LogP contribution in [0.4, 0.5) is 5.69 Å². The second-order valence-corrected chi connectivity index (χ2v) is 6.63. The third-order valence-corrected chi connectivity index (χ3v) is 4.34. The molecule has 0 bridgehead atoms. The van der Waals surface area contributed by atoms with Crippen molar-refractivity contribution in [3.05, 3.63) is 64.1 Å². The van der Waals surface area contributed by atoms with Crippen molar-refractivity contribution in [1.82, 2.24) is 5.32 Å². The number of ether oxygens (including phenoxy) is 1. The molecule has 0 aliphatic rings. The molecule has 0 aromatic heterocycles. The van der Waals surface area contributed by atoms with Crippen molar-refractivity contribution in [3.63, 3.8) is 0 Å². The lowest BCUT2D eigenvalue weighted by atomic mass is 9.97. The Balaban J connectivity index is 2.39. The van der Waals surface area contributed by atoms with Crippen molar-refractivity contribution in [1.29, 1.82) is 0 Å². The molecule has 5 nitrogen and oxygen atoms in total. The quantitative estimate of drug-likeness (QED) is 0.484. The van der Waals surface area contributed by atoms with Gasteiger partial charge in [-0.05, 0) is 36.2 Å². The third-order valence-electron chi connectivity index (χ3n) is 3.61. The summed E-state index contributed by atoms with van der Waals surface area (Å²) in [5, 5.41) is 6.02. The lowest BCUT2D eigenvalue weighted by Gasteiger charge is -2.23. The minimum Gasteiger partial charge on any atom is -0.465 e. The van der Waals surface area contributed by atoms with Crippen LogP contribution in [0.1, 0.15) is 24.1 Å². The van der Waals surface area contributed by atoms with E-state index in [1.807, 2.05) is 42.5 Å². The number of anilines is 1. The Labute approximate surface area is 166 Å². The molecule has 0 heterocycles. The molecule has 1 unspecified atom stereocenters. The van der Waals surface area contributed by atoms with Crippen LogP contribution in [0.25, 0.3) is 0 Å². The van der Waals surface area contributed by atoms with Crippen LogP contribution in [0.5, 0.6) is 0 Å². The molecule has 2 aromatic rings. The molecule has 1 atom stereocenters. The van der Waals surface area contributed by atoms with Crippen molar-refractivity contribution in [2.45, 2.75) is 13.0 Å². The first-order valence-corrected chi connectivity index (χ1v) is 9.47. The highest BCUT2D eigenvalue weighted by Gasteiger charge is 2.20. The Morgan fingerprint density at radius 1 is 1.19 bits per heavy atom. The third kappa shape index (κ3) is 5.83. The number of halogens is 2. The van der Waals surface area contributed by atoms with Crippen molar-refractivity contribution in [2.24, 2.45) is 0 Å². The van der Waals surface area contributed by atoms with Crippen molar-refractivity contribution in [3.8, 4) is 0 Å². The molecule has 2 rings (SSSR count). The highest BCUT2D eigenvalue weighted by Crippen LogP contribution is 2.31. The molecule has 0 aliphatic heterocycles. The second kappa shape index (κ2) is 10.3. The van der Waals surface area contributed by atoms with Crippen LogP contribution >= 0.6 is 27.5 Å². The zero-order valence-corrected chi connectivity index (χ0v) is 16.6. The van der Waals surface area contributed by atoms with Gasteiger partial charge in [-0.25, -0.2) is 0 Å². The molecular weight excluding hydrogens is 420 g/mol. The molecule has 0 spiro atoms. The van der Waals surface area contributed by atoms with Gasteiger partial charge in [-0.3, -0.25) is 14.9 Å². The Kier molecular flexibility index (Phi) is 8.09. The number of benzene rings is 2. The summed E-state index contributed by atoms with van der Waals surface area (Å²) in [7, 11) is 0. The number of hydrogen-bond acceptors (Lipinski definition) is 4. The number of esters is 1. The van der Waals surface area contributed by atoms with E-state index in [1.54, 1.807) is 13.0 Å². The van der Waals surface area contributed by atoms with Gasteiger partial charge in [-0.15, -0.1) is 11.6 Å². The maximum Gasteiger partial charge on any atom is 0.319 e. The molecule has 1 amide bonds. The van der Waals surface area contributed by atoms with E-state index in [9.17, 15) is 9.59 Å². The summed E-state index contributed by atoms with van der Waals surface area (Å²) < 4.78 is 5.86. The van der Waals surface area contributed by atoms with E-state index in [4.69, 9.17) is 16.3 Å². The van der Waals surface area contributed by atoms with Crippen molar-refractivity contribution >= 4 is 45.1 Å². The molecule has 138 valence electrons. The van der Waals surface area contributed by atoms with Crippen LogP contribution in [-0.4, -0.2) is 30.9 Å². The van der Waals surface area contributed by atoms with Crippen molar-refractivity contribution < 1.29 is 14.3 Å². The molecule has 0 saturated heterocycles. The van der Waals surface area contributed by atoms with Crippen LogP contribution < -0.4 is 10.6 Å². The van der Waals surface area contributed by atoms with E-state index in [0.717, 1.165) is 15.6 Å². The van der Waals surface area contributed by atoms with E-state index in [2.05, 4.69) is 26.6 Å². The van der Waals surface area contributed by atoms with Gasteiger partial charge in [-0.1, -0.05) is 46.3 Å². The number of nitrogens with one attached hydrogen (secondary N) is 2. The predicted octanol–water partition coefficient (Wildman–Crippen LogP) is 3.87. The van der Waals surface area contributed by atoms with Gasteiger partial charge < -0.3 is 10.1 Å². The standard InChI is InChI=1S/C19H20BrClN2O3/c1-2-26-18(25)12-22-19(13-6-4-3-5-7-13)15-10-14(20)8-9-16(15)23-17(24)11-21/h3-10,19,22H,2,11-12H2,1H3,(H,23,24). The molecular formula is C19H20BrClN2O3. The van der Waals surface area contributed by atoms with E-state index in [1.165, 1.54) is 0 Å². The van der Waals surface area contributed by atoms with E-state index >= 15 is 0 Å². The fourth-order valence-electron chi connectivity index (χ4n) is 2.52. The van der Waals surface area contributed by atoms with Gasteiger partial charge in [0.2, 0.25) is 5.91 Å².